The molecular formula is C30H35N5O5. The number of phenolic OH excluding ortho intramolecular Hbond substituents is 1. The van der Waals surface area contributed by atoms with Crippen LogP contribution in [0.25, 0.3) is 10.8 Å². The van der Waals surface area contributed by atoms with Gasteiger partial charge in [-0.05, 0) is 77.9 Å². The van der Waals surface area contributed by atoms with Gasteiger partial charge in [0.1, 0.15) is 17.8 Å². The lowest BCUT2D eigenvalue weighted by Crippen LogP contribution is -2.56. The van der Waals surface area contributed by atoms with E-state index in [-0.39, 0.29) is 31.7 Å². The van der Waals surface area contributed by atoms with Crippen molar-refractivity contribution in [3.8, 4) is 5.75 Å². The van der Waals surface area contributed by atoms with Gasteiger partial charge in [0.05, 0.1) is 12.6 Å². The summed E-state index contributed by atoms with van der Waals surface area (Å²) in [5, 5.41) is 17.1. The molecule has 0 saturated heterocycles. The zero-order valence-corrected chi connectivity index (χ0v) is 22.9. The summed E-state index contributed by atoms with van der Waals surface area (Å²) in [5.41, 5.74) is 15.8. The highest BCUT2D eigenvalue weighted by molar-refractivity contribution is 5.95. The Morgan fingerprint density at radius 1 is 1.07 bits per heavy atom. The Balaban J connectivity index is 1.49. The van der Waals surface area contributed by atoms with Crippen molar-refractivity contribution in [2.24, 2.45) is 11.5 Å². The molecule has 0 fully saturated rings. The Labute approximate surface area is 232 Å². The summed E-state index contributed by atoms with van der Waals surface area (Å²) in [6.07, 6.45) is 0.446. The van der Waals surface area contributed by atoms with Gasteiger partial charge in [-0.2, -0.15) is 0 Å². The van der Waals surface area contributed by atoms with E-state index in [2.05, 4.69) is 10.6 Å². The zero-order valence-electron chi connectivity index (χ0n) is 22.9. The molecule has 210 valence electrons. The number of fused-ring (bicyclic) bond motifs is 3. The van der Waals surface area contributed by atoms with Crippen LogP contribution in [0.1, 0.15) is 34.7 Å². The highest BCUT2D eigenvalue weighted by Crippen LogP contribution is 2.28. The van der Waals surface area contributed by atoms with Gasteiger partial charge in [-0.1, -0.05) is 36.4 Å². The maximum atomic E-state index is 13.4. The summed E-state index contributed by atoms with van der Waals surface area (Å²) < 4.78 is 0. The number of hydrogen-bond acceptors (Lipinski definition) is 6. The van der Waals surface area contributed by atoms with Crippen LogP contribution in [0.15, 0.2) is 48.5 Å². The fourth-order valence-electron chi connectivity index (χ4n) is 5.29. The first-order valence-corrected chi connectivity index (χ1v) is 13.2. The Morgan fingerprint density at radius 3 is 2.42 bits per heavy atom. The van der Waals surface area contributed by atoms with Crippen LogP contribution < -0.4 is 22.1 Å². The predicted molar refractivity (Wildman–Crippen MR) is 151 cm³/mol. The minimum Gasteiger partial charge on any atom is -0.508 e. The topological polar surface area (TPSA) is 168 Å². The van der Waals surface area contributed by atoms with Gasteiger partial charge >= 0.3 is 0 Å². The van der Waals surface area contributed by atoms with Gasteiger partial charge in [0, 0.05) is 13.0 Å². The fourth-order valence-corrected chi connectivity index (χ4v) is 5.29. The lowest BCUT2D eigenvalue weighted by Gasteiger charge is -2.25. The molecule has 1 aliphatic rings. The molecule has 3 aromatic rings. The number of aryl methyl sites for hydroxylation is 2. The zero-order chi connectivity index (χ0) is 29.1. The van der Waals surface area contributed by atoms with Crippen LogP contribution in [0, 0.1) is 13.8 Å². The molecule has 3 atom stereocenters. The van der Waals surface area contributed by atoms with Crippen molar-refractivity contribution in [1.29, 1.82) is 0 Å². The minimum absolute atomic E-state index is 0.139. The highest BCUT2D eigenvalue weighted by atomic mass is 16.3. The molecule has 4 rings (SSSR count). The number of nitrogens with one attached hydrogen (secondary N) is 2. The Morgan fingerprint density at radius 2 is 1.75 bits per heavy atom. The molecule has 7 N–H and O–H groups in total. The molecule has 0 aromatic heterocycles. The third-order valence-corrected chi connectivity index (χ3v) is 7.37. The number of phenols is 1. The molecule has 4 amide bonds. The second-order valence-electron chi connectivity index (χ2n) is 10.4. The Hall–Kier alpha value is -4.44. The Bertz CT molecular complexity index is 1460. The summed E-state index contributed by atoms with van der Waals surface area (Å²) in [7, 11) is 0. The van der Waals surface area contributed by atoms with Crippen molar-refractivity contribution in [2.75, 3.05) is 6.54 Å². The van der Waals surface area contributed by atoms with E-state index in [1.807, 2.05) is 50.2 Å². The monoisotopic (exact) mass is 545 g/mol. The van der Waals surface area contributed by atoms with Gasteiger partial charge < -0.3 is 32.1 Å². The average Bonchev–Trinajstić information content (AvgIpc) is 3.02. The van der Waals surface area contributed by atoms with Crippen LogP contribution in [0.4, 0.5) is 0 Å². The number of hydrogen-bond donors (Lipinski definition) is 5. The number of nitrogens with zero attached hydrogens (tertiary/aromatic N) is 1. The van der Waals surface area contributed by atoms with Crippen molar-refractivity contribution in [2.45, 2.75) is 58.3 Å². The number of rotatable bonds is 8. The number of benzene rings is 3. The molecule has 0 saturated carbocycles. The van der Waals surface area contributed by atoms with E-state index in [0.717, 1.165) is 38.6 Å². The van der Waals surface area contributed by atoms with Crippen LogP contribution in [0.2, 0.25) is 0 Å². The van der Waals surface area contributed by atoms with Gasteiger partial charge in [-0.3, -0.25) is 19.2 Å². The predicted octanol–water partition coefficient (Wildman–Crippen LogP) is 1.09. The minimum atomic E-state index is -0.979. The van der Waals surface area contributed by atoms with Gasteiger partial charge in [-0.15, -0.1) is 0 Å². The third-order valence-electron chi connectivity index (χ3n) is 7.37. The van der Waals surface area contributed by atoms with E-state index in [9.17, 15) is 24.3 Å². The largest absolute Gasteiger partial charge is 0.508 e. The van der Waals surface area contributed by atoms with Gasteiger partial charge in [-0.25, -0.2) is 0 Å². The number of amides is 4. The summed E-state index contributed by atoms with van der Waals surface area (Å²) >= 11 is 0. The van der Waals surface area contributed by atoms with Gasteiger partial charge in [0.2, 0.25) is 23.6 Å². The smallest absolute Gasteiger partial charge is 0.246 e. The summed E-state index contributed by atoms with van der Waals surface area (Å²) in [6, 6.07) is 12.0. The van der Waals surface area contributed by atoms with Crippen LogP contribution in [0.3, 0.4) is 0 Å². The molecule has 0 unspecified atom stereocenters. The maximum Gasteiger partial charge on any atom is 0.246 e. The van der Waals surface area contributed by atoms with Crippen LogP contribution in [-0.2, 0) is 38.6 Å². The molecule has 0 bridgehead atoms. The molecule has 3 aromatic carbocycles. The summed E-state index contributed by atoms with van der Waals surface area (Å²) in [6.45, 7) is 5.08. The third kappa shape index (κ3) is 6.23. The number of aromatic hydroxyl groups is 1. The Kier molecular flexibility index (Phi) is 8.39. The second kappa shape index (κ2) is 11.7. The second-order valence-corrected chi connectivity index (χ2v) is 10.4. The number of nitrogens with two attached hydrogens (primary N) is 2. The van der Waals surface area contributed by atoms with Crippen molar-refractivity contribution >= 4 is 34.4 Å². The van der Waals surface area contributed by atoms with Crippen LogP contribution in [-0.4, -0.2) is 58.3 Å². The molecule has 10 nitrogen and oxygen atoms in total. The van der Waals surface area contributed by atoms with E-state index in [1.54, 1.807) is 12.1 Å². The average molecular weight is 546 g/mol. The molecule has 0 spiro atoms. The normalized spacial score (nSPS) is 16.6. The number of carbonyl (C=O) groups excluding carboxylic acids is 4. The van der Waals surface area contributed by atoms with E-state index in [0.29, 0.717) is 0 Å². The van der Waals surface area contributed by atoms with Crippen molar-refractivity contribution in [3.63, 3.8) is 0 Å². The SMILES string of the molecule is Cc1cc(O)cc(C)c1C[C@H](N)C(=O)N[C@H](C)C(=O)N[C@H]1Cc2c(ccc3ccccc23)CN(CC(N)=O)C1=O. The lowest BCUT2D eigenvalue weighted by atomic mass is 9.94. The standard InChI is InChI=1S/C30H35N5O5/c1-16-10-21(36)11-17(2)23(16)12-25(31)29(39)33-18(3)28(38)34-26-13-24-20(14-35(30(26)40)15-27(32)37)9-8-19-6-4-5-7-22(19)24/h4-11,18,25-26,36H,12-15,31H2,1-3H3,(H2,32,37)(H,33,39)(H,34,38)/t18-,25+,26+/m1/s1. The number of carbonyl (C=O) groups is 4. The molecule has 0 radical (unpaired) electrons. The molecule has 1 heterocycles. The van der Waals surface area contributed by atoms with E-state index < -0.39 is 41.8 Å². The first kappa shape index (κ1) is 28.6. The fraction of sp³-hybridized carbons (Fsp3) is 0.333. The first-order valence-electron chi connectivity index (χ1n) is 13.2. The van der Waals surface area contributed by atoms with Crippen molar-refractivity contribution < 1.29 is 24.3 Å². The molecule has 0 aliphatic carbocycles. The number of primary amides is 1. The first-order chi connectivity index (χ1) is 18.9. The van der Waals surface area contributed by atoms with E-state index >= 15 is 0 Å². The van der Waals surface area contributed by atoms with Gasteiger partial charge in [0.25, 0.3) is 0 Å². The summed E-state index contributed by atoms with van der Waals surface area (Å²) in [4.78, 5) is 52.6. The van der Waals surface area contributed by atoms with Crippen molar-refractivity contribution in [3.05, 3.63) is 76.3 Å². The van der Waals surface area contributed by atoms with Crippen LogP contribution >= 0.6 is 0 Å². The molecular weight excluding hydrogens is 510 g/mol. The molecule has 10 heteroatoms. The van der Waals surface area contributed by atoms with Crippen LogP contribution in [0.5, 0.6) is 5.75 Å². The summed E-state index contributed by atoms with van der Waals surface area (Å²) in [5.74, 6) is -2.02. The molecule has 40 heavy (non-hydrogen) atoms. The highest BCUT2D eigenvalue weighted by Gasteiger charge is 2.33. The maximum absolute atomic E-state index is 13.4. The lowest BCUT2D eigenvalue weighted by molar-refractivity contribution is -0.139. The van der Waals surface area contributed by atoms with Gasteiger partial charge in [0.15, 0.2) is 0 Å². The van der Waals surface area contributed by atoms with E-state index in [1.165, 1.54) is 11.8 Å². The molecule has 1 aliphatic heterocycles. The van der Waals surface area contributed by atoms with Crippen molar-refractivity contribution in [1.82, 2.24) is 15.5 Å². The quantitative estimate of drug-likeness (QED) is 0.284. The van der Waals surface area contributed by atoms with E-state index in [4.69, 9.17) is 11.5 Å².